The fourth-order valence-electron chi connectivity index (χ4n) is 1.02. The van der Waals surface area contributed by atoms with E-state index in [4.69, 9.17) is 4.55 Å². The summed E-state index contributed by atoms with van der Waals surface area (Å²) in [5.74, 6) is 0.357. The molecule has 1 aromatic rings. The van der Waals surface area contributed by atoms with E-state index in [2.05, 4.69) is 0 Å². The van der Waals surface area contributed by atoms with Crippen molar-refractivity contribution in [3.63, 3.8) is 0 Å². The second kappa shape index (κ2) is 4.77. The van der Waals surface area contributed by atoms with E-state index in [1.54, 1.807) is 12.1 Å². The van der Waals surface area contributed by atoms with Crippen LogP contribution in [0.3, 0.4) is 0 Å². The van der Waals surface area contributed by atoms with Crippen LogP contribution in [0.2, 0.25) is 0 Å². The average molecular weight is 237 g/mol. The molecular weight excluding hydrogens is 224 g/mol. The van der Waals surface area contributed by atoms with Gasteiger partial charge in [0.2, 0.25) is 0 Å². The van der Waals surface area contributed by atoms with Crippen LogP contribution in [0.25, 0.3) is 0 Å². The first kappa shape index (κ1) is 13.4. The van der Waals surface area contributed by atoms with Crippen LogP contribution in [0.4, 0.5) is 0 Å². The number of hydrogen-bond acceptors (Lipinski definition) is 2. The molecule has 0 saturated heterocycles. The molecule has 0 amide bonds. The molecule has 0 heterocycles. The number of halogens is 1. The Morgan fingerprint density at radius 1 is 1.14 bits per heavy atom. The summed E-state index contributed by atoms with van der Waals surface area (Å²) in [5, 5.41) is 0. The highest BCUT2D eigenvalue weighted by Crippen LogP contribution is 2.16. The topological polar surface area (TPSA) is 54.4 Å². The maximum atomic E-state index is 10.7. The lowest BCUT2D eigenvalue weighted by Crippen LogP contribution is -1.98. The Bertz CT molecular complexity index is 381. The van der Waals surface area contributed by atoms with E-state index in [-0.39, 0.29) is 17.3 Å². The van der Waals surface area contributed by atoms with Crippen molar-refractivity contribution in [2.45, 2.75) is 24.7 Å². The fraction of sp³-hybridized carbons (Fsp3) is 0.333. The van der Waals surface area contributed by atoms with E-state index in [1.807, 2.05) is 13.8 Å². The van der Waals surface area contributed by atoms with Gasteiger partial charge < -0.3 is 0 Å². The summed E-state index contributed by atoms with van der Waals surface area (Å²) in [5.41, 5.74) is 1.05. The molecule has 0 aliphatic carbocycles. The van der Waals surface area contributed by atoms with Crippen molar-refractivity contribution in [3.05, 3.63) is 29.8 Å². The van der Waals surface area contributed by atoms with Crippen LogP contribution in [-0.2, 0) is 10.1 Å². The zero-order valence-electron chi connectivity index (χ0n) is 7.97. The number of benzene rings is 1. The zero-order valence-corrected chi connectivity index (χ0v) is 9.60. The number of rotatable bonds is 2. The van der Waals surface area contributed by atoms with E-state index in [0.717, 1.165) is 5.56 Å². The Balaban J connectivity index is 0.00000169. The molecule has 1 N–H and O–H groups in total. The first-order valence-corrected chi connectivity index (χ1v) is 5.42. The quantitative estimate of drug-likeness (QED) is 0.803. The van der Waals surface area contributed by atoms with Crippen molar-refractivity contribution < 1.29 is 13.0 Å². The minimum atomic E-state index is -4.05. The molecule has 0 spiro atoms. The van der Waals surface area contributed by atoms with Crippen LogP contribution >= 0.6 is 12.4 Å². The van der Waals surface area contributed by atoms with Crippen LogP contribution in [0.15, 0.2) is 29.2 Å². The minimum absolute atomic E-state index is 0. The summed E-state index contributed by atoms with van der Waals surface area (Å²) >= 11 is 0. The van der Waals surface area contributed by atoms with E-state index in [1.165, 1.54) is 12.1 Å². The third-order valence-electron chi connectivity index (χ3n) is 1.84. The van der Waals surface area contributed by atoms with Crippen LogP contribution in [0, 0.1) is 0 Å². The van der Waals surface area contributed by atoms with Crippen molar-refractivity contribution in [2.75, 3.05) is 0 Å². The predicted molar refractivity (Wildman–Crippen MR) is 57.6 cm³/mol. The smallest absolute Gasteiger partial charge is 0.282 e. The van der Waals surface area contributed by atoms with Crippen molar-refractivity contribution in [2.24, 2.45) is 0 Å². The van der Waals surface area contributed by atoms with E-state index >= 15 is 0 Å². The maximum absolute atomic E-state index is 10.7. The molecule has 0 saturated carbocycles. The summed E-state index contributed by atoms with van der Waals surface area (Å²) < 4.78 is 30.0. The monoisotopic (exact) mass is 236 g/mol. The molecule has 1 aromatic carbocycles. The third kappa shape index (κ3) is 3.29. The van der Waals surface area contributed by atoms with Crippen LogP contribution < -0.4 is 0 Å². The number of hydrogen-bond donors (Lipinski definition) is 1. The molecule has 0 atom stereocenters. The highest BCUT2D eigenvalue weighted by molar-refractivity contribution is 7.85. The van der Waals surface area contributed by atoms with Gasteiger partial charge in [-0.1, -0.05) is 26.0 Å². The standard InChI is InChI=1S/C9H12O3S.ClH/c1-7(2)8-3-5-9(6-4-8)13(10,11)12;/h3-7H,1-2H3,(H,10,11,12);1H. The Morgan fingerprint density at radius 2 is 1.57 bits per heavy atom. The van der Waals surface area contributed by atoms with Crippen molar-refractivity contribution in [1.29, 1.82) is 0 Å². The molecule has 0 aromatic heterocycles. The summed E-state index contributed by atoms with van der Waals surface area (Å²) in [4.78, 5) is -0.0584. The highest BCUT2D eigenvalue weighted by Gasteiger charge is 2.08. The van der Waals surface area contributed by atoms with Crippen LogP contribution in [-0.4, -0.2) is 13.0 Å². The largest absolute Gasteiger partial charge is 0.294 e. The summed E-state index contributed by atoms with van der Waals surface area (Å²) in [6.07, 6.45) is 0. The van der Waals surface area contributed by atoms with Gasteiger partial charge in [0.05, 0.1) is 4.90 Å². The van der Waals surface area contributed by atoms with E-state index < -0.39 is 10.1 Å². The molecule has 80 valence electrons. The fourth-order valence-corrected chi connectivity index (χ4v) is 1.50. The van der Waals surface area contributed by atoms with Gasteiger partial charge in [-0.05, 0) is 23.6 Å². The van der Waals surface area contributed by atoms with Gasteiger partial charge in [-0.3, -0.25) is 4.55 Å². The summed E-state index contributed by atoms with van der Waals surface area (Å²) in [6.45, 7) is 4.03. The van der Waals surface area contributed by atoms with Gasteiger partial charge in [-0.25, -0.2) is 0 Å². The lowest BCUT2D eigenvalue weighted by molar-refractivity contribution is 0.483. The predicted octanol–water partition coefficient (Wildman–Crippen LogP) is 2.48. The molecule has 14 heavy (non-hydrogen) atoms. The molecule has 0 aliphatic heterocycles. The van der Waals surface area contributed by atoms with Crippen molar-refractivity contribution in [3.8, 4) is 0 Å². The highest BCUT2D eigenvalue weighted by atomic mass is 35.5. The Labute approximate surface area is 90.3 Å². The van der Waals surface area contributed by atoms with Gasteiger partial charge in [-0.2, -0.15) is 8.42 Å². The lowest BCUT2D eigenvalue weighted by atomic mass is 10.0. The Kier molecular flexibility index (Phi) is 4.58. The lowest BCUT2D eigenvalue weighted by Gasteiger charge is -2.04. The van der Waals surface area contributed by atoms with Gasteiger partial charge in [0.15, 0.2) is 0 Å². The van der Waals surface area contributed by atoms with Gasteiger partial charge in [-0.15, -0.1) is 12.4 Å². The second-order valence-electron chi connectivity index (χ2n) is 3.20. The maximum Gasteiger partial charge on any atom is 0.294 e. The van der Waals surface area contributed by atoms with Crippen molar-refractivity contribution >= 4 is 22.5 Å². The molecule has 0 unspecified atom stereocenters. The first-order valence-electron chi connectivity index (χ1n) is 3.98. The minimum Gasteiger partial charge on any atom is -0.282 e. The third-order valence-corrected chi connectivity index (χ3v) is 2.71. The SMILES string of the molecule is CC(C)c1ccc(S(=O)(=O)O)cc1.Cl. The van der Waals surface area contributed by atoms with Crippen LogP contribution in [0.5, 0.6) is 0 Å². The Morgan fingerprint density at radius 3 is 1.86 bits per heavy atom. The van der Waals surface area contributed by atoms with Gasteiger partial charge >= 0.3 is 0 Å². The molecule has 0 radical (unpaired) electrons. The normalized spacial score (nSPS) is 11.1. The summed E-state index contributed by atoms with van der Waals surface area (Å²) in [6, 6.07) is 6.22. The van der Waals surface area contributed by atoms with E-state index in [0.29, 0.717) is 5.92 Å². The summed E-state index contributed by atoms with van der Waals surface area (Å²) in [7, 11) is -4.05. The molecule has 0 fully saturated rings. The molecular formula is C9H13ClO3S. The van der Waals surface area contributed by atoms with Gasteiger partial charge in [0, 0.05) is 0 Å². The van der Waals surface area contributed by atoms with Gasteiger partial charge in [0.25, 0.3) is 10.1 Å². The zero-order chi connectivity index (χ0) is 10.1. The van der Waals surface area contributed by atoms with Crippen LogP contribution in [0.1, 0.15) is 25.3 Å². The first-order chi connectivity index (χ1) is 5.91. The average Bonchev–Trinajstić information content (AvgIpc) is 2.03. The van der Waals surface area contributed by atoms with Gasteiger partial charge in [0.1, 0.15) is 0 Å². The second-order valence-corrected chi connectivity index (χ2v) is 4.62. The molecule has 5 heteroatoms. The molecule has 3 nitrogen and oxygen atoms in total. The molecule has 0 aliphatic rings. The van der Waals surface area contributed by atoms with E-state index in [9.17, 15) is 8.42 Å². The molecule has 1 rings (SSSR count). The molecule has 0 bridgehead atoms. The van der Waals surface area contributed by atoms with Crippen molar-refractivity contribution in [1.82, 2.24) is 0 Å². The Hall–Kier alpha value is -0.580.